The number of hydrazine groups is 1. The Morgan fingerprint density at radius 1 is 0.900 bits per heavy atom. The number of hydrogen-bond donors (Lipinski definition) is 4. The van der Waals surface area contributed by atoms with E-state index < -0.39 is 23.9 Å². The van der Waals surface area contributed by atoms with E-state index >= 15 is 0 Å². The van der Waals surface area contributed by atoms with E-state index in [-0.39, 0.29) is 5.92 Å². The van der Waals surface area contributed by atoms with Crippen molar-refractivity contribution < 1.29 is 23.9 Å². The highest BCUT2D eigenvalue weighted by atomic mass is 16.6. The van der Waals surface area contributed by atoms with E-state index in [1.54, 1.807) is 56.3 Å². The van der Waals surface area contributed by atoms with E-state index in [0.29, 0.717) is 36.0 Å². The largest absolute Gasteiger partial charge is 0.486 e. The third kappa shape index (κ3) is 5.40. The lowest BCUT2D eigenvalue weighted by molar-refractivity contribution is -0.124. The molecule has 0 bridgehead atoms. The standard InChI is InChI=1S/C21H24N4O5/c1-13(2)18(23-21(28)22-15-6-4-3-5-7-15)20(27)25-24-19(26)14-8-9-16-17(12-14)30-11-10-29-16/h3-9,12-13,18H,10-11H2,1-2H3,(H,24,26)(H,25,27)(H2,22,23,28). The number of ether oxygens (including phenoxy) is 2. The second-order valence-electron chi connectivity index (χ2n) is 6.99. The molecule has 0 aromatic heterocycles. The molecule has 2 aromatic rings. The first-order chi connectivity index (χ1) is 14.4. The van der Waals surface area contributed by atoms with Crippen molar-refractivity contribution in [2.45, 2.75) is 19.9 Å². The van der Waals surface area contributed by atoms with Crippen LogP contribution in [-0.4, -0.2) is 37.1 Å². The molecule has 0 saturated carbocycles. The SMILES string of the molecule is CC(C)C(NC(=O)Nc1ccccc1)C(=O)NNC(=O)c1ccc2c(c1)OCCO2. The molecule has 9 nitrogen and oxygen atoms in total. The molecule has 0 aliphatic carbocycles. The third-order valence-corrected chi connectivity index (χ3v) is 4.37. The van der Waals surface area contributed by atoms with Crippen LogP contribution >= 0.6 is 0 Å². The van der Waals surface area contributed by atoms with Gasteiger partial charge in [0.2, 0.25) is 0 Å². The molecule has 1 heterocycles. The zero-order chi connectivity index (χ0) is 21.5. The van der Waals surface area contributed by atoms with Crippen LogP contribution in [0.4, 0.5) is 10.5 Å². The molecule has 1 aliphatic heterocycles. The number of urea groups is 1. The fourth-order valence-corrected chi connectivity index (χ4v) is 2.82. The second kappa shape index (κ2) is 9.64. The van der Waals surface area contributed by atoms with Gasteiger partial charge in [0.05, 0.1) is 0 Å². The van der Waals surface area contributed by atoms with Crippen LogP contribution < -0.4 is 31.0 Å². The van der Waals surface area contributed by atoms with Gasteiger partial charge in [-0.1, -0.05) is 32.0 Å². The van der Waals surface area contributed by atoms with Gasteiger partial charge in [0.25, 0.3) is 11.8 Å². The molecule has 30 heavy (non-hydrogen) atoms. The molecular formula is C21H24N4O5. The first-order valence-corrected chi connectivity index (χ1v) is 9.56. The summed E-state index contributed by atoms with van der Waals surface area (Å²) in [6.07, 6.45) is 0. The Morgan fingerprint density at radius 3 is 2.30 bits per heavy atom. The molecular weight excluding hydrogens is 388 g/mol. The fraction of sp³-hybridized carbons (Fsp3) is 0.286. The van der Waals surface area contributed by atoms with E-state index in [1.165, 1.54) is 0 Å². The van der Waals surface area contributed by atoms with Crippen molar-refractivity contribution in [2.24, 2.45) is 5.92 Å². The van der Waals surface area contributed by atoms with Gasteiger partial charge in [0, 0.05) is 11.3 Å². The van der Waals surface area contributed by atoms with Crippen molar-refractivity contribution in [3.8, 4) is 11.5 Å². The van der Waals surface area contributed by atoms with Crippen molar-refractivity contribution >= 4 is 23.5 Å². The predicted molar refractivity (Wildman–Crippen MR) is 110 cm³/mol. The van der Waals surface area contributed by atoms with Gasteiger partial charge in [0.15, 0.2) is 11.5 Å². The predicted octanol–water partition coefficient (Wildman–Crippen LogP) is 2.07. The van der Waals surface area contributed by atoms with Gasteiger partial charge in [-0.05, 0) is 36.2 Å². The number of para-hydroxylation sites is 1. The summed E-state index contributed by atoms with van der Waals surface area (Å²) in [7, 11) is 0. The maximum atomic E-state index is 12.5. The maximum absolute atomic E-state index is 12.5. The van der Waals surface area contributed by atoms with Crippen molar-refractivity contribution in [3.05, 3.63) is 54.1 Å². The van der Waals surface area contributed by atoms with Crippen LogP contribution in [0.3, 0.4) is 0 Å². The van der Waals surface area contributed by atoms with Gasteiger partial charge in [-0.3, -0.25) is 20.4 Å². The van der Waals surface area contributed by atoms with Crippen LogP contribution in [0.1, 0.15) is 24.2 Å². The number of amides is 4. The summed E-state index contributed by atoms with van der Waals surface area (Å²) in [5.41, 5.74) is 5.62. The van der Waals surface area contributed by atoms with Crippen molar-refractivity contribution in [1.82, 2.24) is 16.2 Å². The van der Waals surface area contributed by atoms with Crippen molar-refractivity contribution in [3.63, 3.8) is 0 Å². The van der Waals surface area contributed by atoms with Gasteiger partial charge < -0.3 is 20.1 Å². The quantitative estimate of drug-likeness (QED) is 0.561. The summed E-state index contributed by atoms with van der Waals surface area (Å²) in [4.78, 5) is 37.1. The molecule has 0 radical (unpaired) electrons. The minimum Gasteiger partial charge on any atom is -0.486 e. The first kappa shape index (κ1) is 21.0. The van der Waals surface area contributed by atoms with Gasteiger partial charge in [-0.2, -0.15) is 0 Å². The van der Waals surface area contributed by atoms with Crippen LogP contribution in [0.5, 0.6) is 11.5 Å². The number of anilines is 1. The van der Waals surface area contributed by atoms with E-state index in [4.69, 9.17) is 9.47 Å². The molecule has 4 N–H and O–H groups in total. The maximum Gasteiger partial charge on any atom is 0.319 e. The molecule has 2 aromatic carbocycles. The molecule has 3 rings (SSSR count). The number of hydrogen-bond acceptors (Lipinski definition) is 5. The highest BCUT2D eigenvalue weighted by molar-refractivity contribution is 5.97. The molecule has 1 unspecified atom stereocenters. The molecule has 1 atom stereocenters. The number of benzene rings is 2. The Hall–Kier alpha value is -3.75. The molecule has 158 valence electrons. The summed E-state index contributed by atoms with van der Waals surface area (Å²) >= 11 is 0. The average molecular weight is 412 g/mol. The molecule has 0 saturated heterocycles. The lowest BCUT2D eigenvalue weighted by Gasteiger charge is -2.22. The van der Waals surface area contributed by atoms with Crippen LogP contribution in [0.15, 0.2) is 48.5 Å². The van der Waals surface area contributed by atoms with Crippen LogP contribution in [-0.2, 0) is 4.79 Å². The first-order valence-electron chi connectivity index (χ1n) is 9.56. The lowest BCUT2D eigenvalue weighted by atomic mass is 10.0. The second-order valence-corrected chi connectivity index (χ2v) is 6.99. The Balaban J connectivity index is 1.55. The fourth-order valence-electron chi connectivity index (χ4n) is 2.82. The highest BCUT2D eigenvalue weighted by Crippen LogP contribution is 2.30. The minimum absolute atomic E-state index is 0.210. The number of carbonyl (C=O) groups excluding carboxylic acids is 3. The Morgan fingerprint density at radius 2 is 1.60 bits per heavy atom. The molecule has 1 aliphatic rings. The van der Waals surface area contributed by atoms with Crippen LogP contribution in [0.2, 0.25) is 0 Å². The third-order valence-electron chi connectivity index (χ3n) is 4.37. The minimum atomic E-state index is -0.853. The number of carbonyl (C=O) groups is 3. The monoisotopic (exact) mass is 412 g/mol. The summed E-state index contributed by atoms with van der Waals surface area (Å²) in [6.45, 7) is 4.43. The molecule has 0 spiro atoms. The normalized spacial score (nSPS) is 13.2. The van der Waals surface area contributed by atoms with Gasteiger partial charge in [0.1, 0.15) is 19.3 Å². The van der Waals surface area contributed by atoms with Crippen LogP contribution in [0, 0.1) is 5.92 Å². The topological polar surface area (TPSA) is 118 Å². The van der Waals surface area contributed by atoms with Gasteiger partial charge in [-0.25, -0.2) is 4.79 Å². The lowest BCUT2D eigenvalue weighted by Crippen LogP contribution is -2.55. The van der Waals surface area contributed by atoms with E-state index in [2.05, 4.69) is 21.5 Å². The Bertz CT molecular complexity index is 917. The highest BCUT2D eigenvalue weighted by Gasteiger charge is 2.25. The van der Waals surface area contributed by atoms with Gasteiger partial charge in [-0.15, -0.1) is 0 Å². The number of rotatable bonds is 5. The van der Waals surface area contributed by atoms with Crippen molar-refractivity contribution in [1.29, 1.82) is 0 Å². The molecule has 9 heteroatoms. The zero-order valence-corrected chi connectivity index (χ0v) is 16.7. The smallest absolute Gasteiger partial charge is 0.319 e. The molecule has 0 fully saturated rings. The number of nitrogens with one attached hydrogen (secondary N) is 4. The van der Waals surface area contributed by atoms with E-state index in [1.807, 2.05) is 6.07 Å². The summed E-state index contributed by atoms with van der Waals surface area (Å²) in [5.74, 6) is -0.233. The molecule has 4 amide bonds. The summed E-state index contributed by atoms with van der Waals surface area (Å²) < 4.78 is 10.9. The van der Waals surface area contributed by atoms with Crippen LogP contribution in [0.25, 0.3) is 0 Å². The Kier molecular flexibility index (Phi) is 6.74. The van der Waals surface area contributed by atoms with E-state index in [9.17, 15) is 14.4 Å². The van der Waals surface area contributed by atoms with E-state index in [0.717, 1.165) is 0 Å². The average Bonchev–Trinajstić information content (AvgIpc) is 2.75. The summed E-state index contributed by atoms with van der Waals surface area (Å²) in [5, 5.41) is 5.28. The number of fused-ring (bicyclic) bond motifs is 1. The zero-order valence-electron chi connectivity index (χ0n) is 16.7. The van der Waals surface area contributed by atoms with Crippen molar-refractivity contribution in [2.75, 3.05) is 18.5 Å². The Labute approximate surface area is 174 Å². The van der Waals surface area contributed by atoms with Gasteiger partial charge >= 0.3 is 6.03 Å². The summed E-state index contributed by atoms with van der Waals surface area (Å²) in [6, 6.07) is 12.3.